The Labute approximate surface area is 119 Å². The summed E-state index contributed by atoms with van der Waals surface area (Å²) >= 11 is 0. The Morgan fingerprint density at radius 3 is 1.70 bits per heavy atom. The van der Waals surface area contributed by atoms with Gasteiger partial charge in [-0.25, -0.2) is 0 Å². The normalized spacial score (nSPS) is 17.2. The second kappa shape index (κ2) is 5.37. The van der Waals surface area contributed by atoms with Crippen molar-refractivity contribution in [3.8, 4) is 0 Å². The van der Waals surface area contributed by atoms with E-state index in [-0.39, 0.29) is 0 Å². The third-order valence-electron chi connectivity index (χ3n) is 4.04. The zero-order valence-corrected chi connectivity index (χ0v) is 11.9. The number of hydrogen-bond acceptors (Lipinski definition) is 3. The molecule has 0 radical (unpaired) electrons. The summed E-state index contributed by atoms with van der Waals surface area (Å²) in [6.07, 6.45) is 0. The van der Waals surface area contributed by atoms with Gasteiger partial charge in [-0.2, -0.15) is 0 Å². The molecule has 2 aromatic rings. The van der Waals surface area contributed by atoms with Crippen molar-refractivity contribution in [1.82, 2.24) is 0 Å². The highest BCUT2D eigenvalue weighted by molar-refractivity contribution is 5.34. The van der Waals surface area contributed by atoms with Gasteiger partial charge in [0.15, 0.2) is 0 Å². The summed E-state index contributed by atoms with van der Waals surface area (Å²) in [4.78, 5) is 0. The fourth-order valence-electron chi connectivity index (χ4n) is 2.29. The van der Waals surface area contributed by atoms with Gasteiger partial charge in [-0.15, -0.1) is 0 Å². The van der Waals surface area contributed by atoms with E-state index in [0.717, 1.165) is 5.56 Å². The molecule has 2 rings (SSSR count). The molecule has 0 aliphatic carbocycles. The van der Waals surface area contributed by atoms with Crippen LogP contribution < -0.4 is 5.73 Å². The summed E-state index contributed by atoms with van der Waals surface area (Å²) in [7, 11) is 0. The van der Waals surface area contributed by atoms with Crippen molar-refractivity contribution in [1.29, 1.82) is 0 Å². The van der Waals surface area contributed by atoms with E-state index in [4.69, 9.17) is 5.73 Å². The van der Waals surface area contributed by atoms with Crippen molar-refractivity contribution in [2.45, 2.75) is 31.6 Å². The molecular weight excluding hydrogens is 250 g/mol. The second-order valence-corrected chi connectivity index (χ2v) is 5.41. The van der Waals surface area contributed by atoms with Crippen molar-refractivity contribution in [2.24, 2.45) is 5.73 Å². The third kappa shape index (κ3) is 2.48. The van der Waals surface area contributed by atoms with Crippen LogP contribution in [-0.2, 0) is 17.7 Å². The first-order valence-electron chi connectivity index (χ1n) is 6.69. The molecule has 0 aromatic heterocycles. The minimum atomic E-state index is -1.40. The SMILES string of the molecule is CC(O)(c1ccccc1)C(C)(O)c1ccc(CN)cc1. The molecule has 4 N–H and O–H groups in total. The quantitative estimate of drug-likeness (QED) is 0.799. The molecule has 3 heteroatoms. The Hall–Kier alpha value is -1.68. The Morgan fingerprint density at radius 1 is 0.800 bits per heavy atom. The molecule has 0 heterocycles. The monoisotopic (exact) mass is 271 g/mol. The highest BCUT2D eigenvalue weighted by Crippen LogP contribution is 2.40. The lowest BCUT2D eigenvalue weighted by molar-refractivity contribution is -0.143. The molecule has 3 nitrogen and oxygen atoms in total. The first-order chi connectivity index (χ1) is 9.39. The zero-order chi connectivity index (χ0) is 14.8. The van der Waals surface area contributed by atoms with Crippen LogP contribution in [0.15, 0.2) is 54.6 Å². The van der Waals surface area contributed by atoms with Crippen LogP contribution in [0.4, 0.5) is 0 Å². The maximum atomic E-state index is 10.8. The summed E-state index contributed by atoms with van der Waals surface area (Å²) in [5.74, 6) is 0. The molecule has 0 aliphatic rings. The molecule has 106 valence electrons. The molecule has 0 amide bonds. The molecule has 0 saturated carbocycles. The smallest absolute Gasteiger partial charge is 0.119 e. The Morgan fingerprint density at radius 2 is 1.25 bits per heavy atom. The van der Waals surface area contributed by atoms with E-state index in [1.54, 1.807) is 26.0 Å². The Kier molecular flexibility index (Phi) is 3.95. The number of aliphatic hydroxyl groups is 2. The second-order valence-electron chi connectivity index (χ2n) is 5.41. The predicted molar refractivity (Wildman–Crippen MR) is 79.9 cm³/mol. The minimum absolute atomic E-state index is 0.456. The van der Waals surface area contributed by atoms with Gasteiger partial charge in [0.05, 0.1) is 0 Å². The first-order valence-corrected chi connectivity index (χ1v) is 6.69. The number of benzene rings is 2. The van der Waals surface area contributed by atoms with Crippen LogP contribution in [-0.4, -0.2) is 10.2 Å². The van der Waals surface area contributed by atoms with E-state index in [1.165, 1.54) is 0 Å². The van der Waals surface area contributed by atoms with Gasteiger partial charge in [-0.05, 0) is 30.5 Å². The van der Waals surface area contributed by atoms with E-state index in [0.29, 0.717) is 17.7 Å². The molecule has 0 fully saturated rings. The lowest BCUT2D eigenvalue weighted by atomic mass is 9.76. The third-order valence-corrected chi connectivity index (χ3v) is 4.04. The topological polar surface area (TPSA) is 66.5 Å². The molecule has 2 atom stereocenters. The van der Waals surface area contributed by atoms with Crippen molar-refractivity contribution in [3.63, 3.8) is 0 Å². The summed E-state index contributed by atoms with van der Waals surface area (Å²) in [5.41, 5.74) is 5.10. The minimum Gasteiger partial charge on any atom is -0.382 e. The summed E-state index contributed by atoms with van der Waals surface area (Å²) in [6.45, 7) is 3.70. The highest BCUT2D eigenvalue weighted by Gasteiger charge is 2.44. The lowest BCUT2D eigenvalue weighted by Crippen LogP contribution is -2.45. The summed E-state index contributed by atoms with van der Waals surface area (Å²) in [6, 6.07) is 16.5. The van der Waals surface area contributed by atoms with Crippen LogP contribution in [0.25, 0.3) is 0 Å². The molecule has 0 spiro atoms. The van der Waals surface area contributed by atoms with Crippen LogP contribution in [0.2, 0.25) is 0 Å². The van der Waals surface area contributed by atoms with Crippen LogP contribution in [0.5, 0.6) is 0 Å². The Balaban J connectivity index is 2.42. The molecule has 2 aromatic carbocycles. The molecule has 0 bridgehead atoms. The lowest BCUT2D eigenvalue weighted by Gasteiger charge is -2.39. The standard InChI is InChI=1S/C17H21NO2/c1-16(19,14-6-4-3-5-7-14)17(2,20)15-10-8-13(12-18)9-11-15/h3-11,19-20H,12,18H2,1-2H3. The first kappa shape index (κ1) is 14.7. The number of hydrogen-bond donors (Lipinski definition) is 3. The highest BCUT2D eigenvalue weighted by atomic mass is 16.4. The van der Waals surface area contributed by atoms with E-state index in [2.05, 4.69) is 0 Å². The van der Waals surface area contributed by atoms with Crippen LogP contribution >= 0.6 is 0 Å². The number of nitrogens with two attached hydrogens (primary N) is 1. The molecule has 20 heavy (non-hydrogen) atoms. The largest absolute Gasteiger partial charge is 0.382 e. The summed E-state index contributed by atoms with van der Waals surface area (Å²) < 4.78 is 0. The van der Waals surface area contributed by atoms with Gasteiger partial charge in [0, 0.05) is 6.54 Å². The van der Waals surface area contributed by atoms with Gasteiger partial charge in [0.2, 0.25) is 0 Å². The number of rotatable bonds is 4. The van der Waals surface area contributed by atoms with Gasteiger partial charge in [0.25, 0.3) is 0 Å². The average molecular weight is 271 g/mol. The van der Waals surface area contributed by atoms with Crippen LogP contribution in [0, 0.1) is 0 Å². The van der Waals surface area contributed by atoms with Gasteiger partial charge < -0.3 is 15.9 Å². The zero-order valence-electron chi connectivity index (χ0n) is 11.9. The van der Waals surface area contributed by atoms with E-state index < -0.39 is 11.2 Å². The van der Waals surface area contributed by atoms with Crippen molar-refractivity contribution < 1.29 is 10.2 Å². The van der Waals surface area contributed by atoms with Crippen LogP contribution in [0.3, 0.4) is 0 Å². The van der Waals surface area contributed by atoms with Crippen LogP contribution in [0.1, 0.15) is 30.5 Å². The maximum Gasteiger partial charge on any atom is 0.119 e. The molecule has 0 saturated heterocycles. The maximum absolute atomic E-state index is 10.8. The van der Waals surface area contributed by atoms with Gasteiger partial charge in [0.1, 0.15) is 11.2 Å². The van der Waals surface area contributed by atoms with E-state index >= 15 is 0 Å². The van der Waals surface area contributed by atoms with Gasteiger partial charge in [-0.1, -0.05) is 54.6 Å². The van der Waals surface area contributed by atoms with Gasteiger partial charge in [-0.3, -0.25) is 0 Å². The van der Waals surface area contributed by atoms with Crippen molar-refractivity contribution in [3.05, 3.63) is 71.3 Å². The van der Waals surface area contributed by atoms with E-state index in [9.17, 15) is 10.2 Å². The fourth-order valence-corrected chi connectivity index (χ4v) is 2.29. The predicted octanol–water partition coefficient (Wildman–Crippen LogP) is 2.26. The Bertz CT molecular complexity index is 559. The van der Waals surface area contributed by atoms with Crippen molar-refractivity contribution >= 4 is 0 Å². The fraction of sp³-hybridized carbons (Fsp3) is 0.294. The van der Waals surface area contributed by atoms with E-state index in [1.807, 2.05) is 42.5 Å². The molecule has 0 aliphatic heterocycles. The molecule has 2 unspecified atom stereocenters. The summed E-state index contributed by atoms with van der Waals surface area (Å²) in [5, 5.41) is 21.7. The molecular formula is C17H21NO2. The van der Waals surface area contributed by atoms with Gasteiger partial charge >= 0.3 is 0 Å². The average Bonchev–Trinajstić information content (AvgIpc) is 2.48. The van der Waals surface area contributed by atoms with Crippen molar-refractivity contribution in [2.75, 3.05) is 0 Å².